The molecule has 0 aliphatic rings. The van der Waals surface area contributed by atoms with E-state index in [9.17, 15) is 9.90 Å². The van der Waals surface area contributed by atoms with Gasteiger partial charge in [-0.2, -0.15) is 5.10 Å². The zero-order valence-electron chi connectivity index (χ0n) is 15.5. The molecule has 4 aromatic rings. The number of amides is 1. The number of pyridine rings is 1. The molecule has 0 radical (unpaired) electrons. The number of fused-ring (bicyclic) bond motifs is 1. The number of nitrogens with one attached hydrogen (secondary N) is 2. The number of aliphatic hydroxyl groups excluding tert-OH is 1. The van der Waals surface area contributed by atoms with Crippen LogP contribution in [0.15, 0.2) is 67.1 Å². The van der Waals surface area contributed by atoms with E-state index in [0.717, 1.165) is 27.5 Å². The number of H-pyrrole nitrogens is 1. The van der Waals surface area contributed by atoms with Gasteiger partial charge in [0.2, 0.25) is 0 Å². The first-order valence-electron chi connectivity index (χ1n) is 9.20. The third-order valence-corrected chi connectivity index (χ3v) is 5.00. The van der Waals surface area contributed by atoms with Gasteiger partial charge in [-0.3, -0.25) is 14.9 Å². The molecule has 1 atom stereocenters. The first-order chi connectivity index (χ1) is 14.1. The van der Waals surface area contributed by atoms with Crippen molar-refractivity contribution in [2.75, 3.05) is 6.61 Å². The van der Waals surface area contributed by atoms with Crippen LogP contribution in [0.1, 0.15) is 28.5 Å². The number of benzene rings is 2. The van der Waals surface area contributed by atoms with Crippen LogP contribution in [-0.4, -0.2) is 32.8 Å². The third-order valence-electron chi connectivity index (χ3n) is 4.76. The second-order valence-electron chi connectivity index (χ2n) is 6.71. The Morgan fingerprint density at radius 1 is 1.10 bits per heavy atom. The van der Waals surface area contributed by atoms with Crippen LogP contribution in [0.3, 0.4) is 0 Å². The zero-order valence-corrected chi connectivity index (χ0v) is 16.2. The second kappa shape index (κ2) is 8.43. The lowest BCUT2D eigenvalue weighted by Gasteiger charge is -2.18. The Balaban J connectivity index is 1.61. The van der Waals surface area contributed by atoms with E-state index < -0.39 is 0 Å². The van der Waals surface area contributed by atoms with Crippen LogP contribution < -0.4 is 5.32 Å². The van der Waals surface area contributed by atoms with Gasteiger partial charge in [0.15, 0.2) is 0 Å². The first kappa shape index (κ1) is 19.1. The minimum absolute atomic E-state index is 0.0589. The van der Waals surface area contributed by atoms with Crippen LogP contribution in [0.5, 0.6) is 0 Å². The molecule has 0 fully saturated rings. The Labute approximate surface area is 172 Å². The lowest BCUT2D eigenvalue weighted by Crippen LogP contribution is -2.29. The van der Waals surface area contributed by atoms with Crippen LogP contribution in [0.2, 0.25) is 5.02 Å². The van der Waals surface area contributed by atoms with E-state index in [4.69, 9.17) is 11.6 Å². The Hall–Kier alpha value is -3.22. The lowest BCUT2D eigenvalue weighted by molar-refractivity contribution is 0.0925. The summed E-state index contributed by atoms with van der Waals surface area (Å²) in [4.78, 5) is 17.1. The van der Waals surface area contributed by atoms with E-state index in [2.05, 4.69) is 20.5 Å². The molecule has 2 heterocycles. The number of halogens is 1. The van der Waals surface area contributed by atoms with Crippen LogP contribution in [0, 0.1) is 0 Å². The van der Waals surface area contributed by atoms with Gasteiger partial charge >= 0.3 is 0 Å². The number of nitrogens with zero attached hydrogens (tertiary/aromatic N) is 2. The summed E-state index contributed by atoms with van der Waals surface area (Å²) in [5.74, 6) is -0.306. The molecule has 2 aromatic carbocycles. The number of aliphatic hydroxyl groups is 1. The largest absolute Gasteiger partial charge is 0.396 e. The number of carbonyl (C=O) groups excluding carboxylic acids is 1. The minimum atomic E-state index is -0.360. The van der Waals surface area contributed by atoms with Crippen molar-refractivity contribution in [1.82, 2.24) is 20.5 Å². The molecule has 1 amide bonds. The molecule has 3 N–H and O–H groups in total. The predicted octanol–water partition coefficient (Wildman–Crippen LogP) is 4.13. The summed E-state index contributed by atoms with van der Waals surface area (Å²) in [6.45, 7) is -0.0589. The molecule has 29 heavy (non-hydrogen) atoms. The number of aromatic nitrogens is 3. The predicted molar refractivity (Wildman–Crippen MR) is 113 cm³/mol. The Morgan fingerprint density at radius 2 is 2.00 bits per heavy atom. The van der Waals surface area contributed by atoms with Gasteiger partial charge in [-0.25, -0.2) is 0 Å². The fraction of sp³-hybridized carbons (Fsp3) is 0.136. The smallest absolute Gasteiger partial charge is 0.270 e. The van der Waals surface area contributed by atoms with Crippen molar-refractivity contribution >= 4 is 28.3 Å². The zero-order chi connectivity index (χ0) is 20.2. The molecule has 6 nitrogen and oxygen atoms in total. The standard InChI is InChI=1S/C22H19ClN4O2/c23-19-3-1-2-15(9-19)20(6-7-28)27-22(29)21-10-17-8-14(18-12-25-26-13-18)4-5-16(17)11-24-21/h1-5,8-13,20,28H,6-7H2,(H,25,26)(H,27,29). The fourth-order valence-corrected chi connectivity index (χ4v) is 3.46. The number of carbonyl (C=O) groups is 1. The summed E-state index contributed by atoms with van der Waals surface area (Å²) in [6, 6.07) is 14.6. The molecular formula is C22H19ClN4O2. The van der Waals surface area contributed by atoms with Crippen LogP contribution >= 0.6 is 11.6 Å². The van der Waals surface area contributed by atoms with Crippen molar-refractivity contribution in [2.45, 2.75) is 12.5 Å². The number of rotatable bonds is 6. The molecule has 4 rings (SSSR count). The van der Waals surface area contributed by atoms with Crippen molar-refractivity contribution < 1.29 is 9.90 Å². The van der Waals surface area contributed by atoms with Crippen LogP contribution in [-0.2, 0) is 0 Å². The first-order valence-corrected chi connectivity index (χ1v) is 9.58. The topological polar surface area (TPSA) is 90.9 Å². The molecular weight excluding hydrogens is 388 g/mol. The molecule has 0 spiro atoms. The fourth-order valence-electron chi connectivity index (χ4n) is 3.26. The highest BCUT2D eigenvalue weighted by Gasteiger charge is 2.17. The molecule has 7 heteroatoms. The number of hydrogen-bond donors (Lipinski definition) is 3. The average molecular weight is 407 g/mol. The van der Waals surface area contributed by atoms with E-state index in [1.807, 2.05) is 36.5 Å². The van der Waals surface area contributed by atoms with Crippen molar-refractivity contribution in [3.05, 3.63) is 83.4 Å². The number of hydrogen-bond acceptors (Lipinski definition) is 4. The van der Waals surface area contributed by atoms with Gasteiger partial charge in [-0.1, -0.05) is 35.9 Å². The molecule has 0 saturated carbocycles. The summed E-state index contributed by atoms with van der Waals surface area (Å²) < 4.78 is 0. The molecule has 1 unspecified atom stereocenters. The van der Waals surface area contributed by atoms with E-state index in [-0.39, 0.29) is 18.6 Å². The van der Waals surface area contributed by atoms with Crippen molar-refractivity contribution in [2.24, 2.45) is 0 Å². The lowest BCUT2D eigenvalue weighted by atomic mass is 10.0. The average Bonchev–Trinajstić information content (AvgIpc) is 3.27. The van der Waals surface area contributed by atoms with Crippen molar-refractivity contribution in [1.29, 1.82) is 0 Å². The van der Waals surface area contributed by atoms with Gasteiger partial charge in [0, 0.05) is 35.0 Å². The van der Waals surface area contributed by atoms with Crippen molar-refractivity contribution in [3.63, 3.8) is 0 Å². The van der Waals surface area contributed by atoms with Crippen molar-refractivity contribution in [3.8, 4) is 11.1 Å². The van der Waals surface area contributed by atoms with E-state index in [1.165, 1.54) is 0 Å². The maximum atomic E-state index is 12.8. The quantitative estimate of drug-likeness (QED) is 0.449. The van der Waals surface area contributed by atoms with E-state index in [1.54, 1.807) is 30.6 Å². The van der Waals surface area contributed by atoms with Gasteiger partial charge in [0.25, 0.3) is 5.91 Å². The van der Waals surface area contributed by atoms with Gasteiger partial charge in [0.1, 0.15) is 5.69 Å². The van der Waals surface area contributed by atoms with Gasteiger partial charge < -0.3 is 10.4 Å². The van der Waals surface area contributed by atoms with Crippen LogP contribution in [0.25, 0.3) is 21.9 Å². The minimum Gasteiger partial charge on any atom is -0.396 e. The SMILES string of the molecule is O=C(NC(CCO)c1cccc(Cl)c1)c1cc2cc(-c3cn[nH]c3)ccc2cn1. The summed E-state index contributed by atoms with van der Waals surface area (Å²) in [5, 5.41) is 21.6. The number of aromatic amines is 1. The summed E-state index contributed by atoms with van der Waals surface area (Å²) in [6.07, 6.45) is 5.63. The normalized spacial score (nSPS) is 12.1. The molecule has 2 aromatic heterocycles. The molecule has 146 valence electrons. The molecule has 0 aliphatic heterocycles. The Morgan fingerprint density at radius 3 is 2.76 bits per heavy atom. The van der Waals surface area contributed by atoms with Gasteiger partial charge in [-0.15, -0.1) is 0 Å². The summed E-state index contributed by atoms with van der Waals surface area (Å²) >= 11 is 6.07. The highest BCUT2D eigenvalue weighted by Crippen LogP contribution is 2.25. The summed E-state index contributed by atoms with van der Waals surface area (Å²) in [7, 11) is 0. The van der Waals surface area contributed by atoms with E-state index in [0.29, 0.717) is 17.1 Å². The molecule has 0 bridgehead atoms. The summed E-state index contributed by atoms with van der Waals surface area (Å²) in [5.41, 5.74) is 3.12. The Bertz CT molecular complexity index is 1140. The second-order valence-corrected chi connectivity index (χ2v) is 7.15. The highest BCUT2D eigenvalue weighted by molar-refractivity contribution is 6.30. The molecule has 0 aliphatic carbocycles. The Kier molecular flexibility index (Phi) is 5.55. The van der Waals surface area contributed by atoms with Gasteiger partial charge in [0.05, 0.1) is 12.2 Å². The van der Waals surface area contributed by atoms with Gasteiger partial charge in [-0.05, 0) is 47.2 Å². The maximum Gasteiger partial charge on any atom is 0.270 e. The highest BCUT2D eigenvalue weighted by atomic mass is 35.5. The monoisotopic (exact) mass is 406 g/mol. The third kappa shape index (κ3) is 4.29. The van der Waals surface area contributed by atoms with E-state index >= 15 is 0 Å². The molecule has 0 saturated heterocycles. The maximum absolute atomic E-state index is 12.8. The van der Waals surface area contributed by atoms with Crippen LogP contribution in [0.4, 0.5) is 0 Å².